The van der Waals surface area contributed by atoms with Crippen molar-refractivity contribution in [2.75, 3.05) is 16.8 Å². The Morgan fingerprint density at radius 3 is 2.41 bits per heavy atom. The van der Waals surface area contributed by atoms with Gasteiger partial charge >= 0.3 is 0 Å². The summed E-state index contributed by atoms with van der Waals surface area (Å²) in [5.41, 5.74) is 1.82. The third-order valence-corrected chi connectivity index (χ3v) is 5.96. The molecule has 0 unspecified atom stereocenters. The molecular weight excluding hydrogens is 358 g/mol. The van der Waals surface area contributed by atoms with Gasteiger partial charge in [0.2, 0.25) is 5.91 Å². The van der Waals surface area contributed by atoms with Gasteiger partial charge in [-0.3, -0.25) is 4.79 Å². The summed E-state index contributed by atoms with van der Waals surface area (Å²) in [6, 6.07) is 7.00. The number of aromatic nitrogens is 2. The number of thioether (sulfide) groups is 2. The van der Waals surface area contributed by atoms with Crippen LogP contribution in [0.4, 0.5) is 5.69 Å². The first-order valence-electron chi connectivity index (χ1n) is 6.32. The van der Waals surface area contributed by atoms with Crippen LogP contribution in [0.2, 0.25) is 5.02 Å². The van der Waals surface area contributed by atoms with E-state index in [-0.39, 0.29) is 5.91 Å². The van der Waals surface area contributed by atoms with Crippen LogP contribution in [0.25, 0.3) is 0 Å². The fourth-order valence-electron chi connectivity index (χ4n) is 1.36. The lowest BCUT2D eigenvalue weighted by atomic mass is 10.3. The first kappa shape index (κ1) is 17.3. The predicted octanol–water partition coefficient (Wildman–Crippen LogP) is 4.59. The molecule has 22 heavy (non-hydrogen) atoms. The van der Waals surface area contributed by atoms with Gasteiger partial charge in [0.05, 0.1) is 5.75 Å². The molecule has 8 heteroatoms. The predicted molar refractivity (Wildman–Crippen MR) is 96.3 cm³/mol. The van der Waals surface area contributed by atoms with Crippen LogP contribution in [-0.2, 0) is 4.79 Å². The van der Waals surface area contributed by atoms with Crippen molar-refractivity contribution in [3.05, 3.63) is 41.4 Å². The van der Waals surface area contributed by atoms with Crippen LogP contribution in [-0.4, -0.2) is 27.6 Å². The number of anilines is 1. The van der Waals surface area contributed by atoms with Crippen molar-refractivity contribution in [3.8, 4) is 0 Å². The van der Waals surface area contributed by atoms with Crippen molar-refractivity contribution in [2.24, 2.45) is 0 Å². The molecule has 0 radical (unpaired) electrons. The van der Waals surface area contributed by atoms with Gasteiger partial charge in [0, 0.05) is 16.5 Å². The topological polar surface area (TPSA) is 54.9 Å². The summed E-state index contributed by atoms with van der Waals surface area (Å²) in [4.78, 5) is 11.9. The van der Waals surface area contributed by atoms with Gasteiger partial charge in [-0.25, -0.2) is 0 Å². The number of halogens is 1. The van der Waals surface area contributed by atoms with Crippen molar-refractivity contribution in [3.63, 3.8) is 0 Å². The van der Waals surface area contributed by atoms with Gasteiger partial charge < -0.3 is 5.32 Å². The molecule has 0 aliphatic rings. The van der Waals surface area contributed by atoms with E-state index in [1.165, 1.54) is 23.1 Å². The molecule has 0 saturated carbocycles. The number of hydrogen-bond donors (Lipinski definition) is 1. The molecule has 4 nitrogen and oxygen atoms in total. The van der Waals surface area contributed by atoms with E-state index < -0.39 is 0 Å². The van der Waals surface area contributed by atoms with Crippen molar-refractivity contribution in [2.45, 2.75) is 15.6 Å². The van der Waals surface area contributed by atoms with Gasteiger partial charge in [0.1, 0.15) is 0 Å². The molecule has 0 atom stereocenters. The molecule has 0 fully saturated rings. The zero-order valence-corrected chi connectivity index (χ0v) is 15.0. The van der Waals surface area contributed by atoms with E-state index in [0.29, 0.717) is 10.8 Å². The summed E-state index contributed by atoms with van der Waals surface area (Å²) in [6.45, 7) is 5.83. The Morgan fingerprint density at radius 1 is 1.23 bits per heavy atom. The van der Waals surface area contributed by atoms with Gasteiger partial charge in [0.25, 0.3) is 0 Å². The molecule has 1 N–H and O–H groups in total. The smallest absolute Gasteiger partial charge is 0.234 e. The van der Waals surface area contributed by atoms with Crippen LogP contribution >= 0.6 is 46.5 Å². The van der Waals surface area contributed by atoms with Crippen LogP contribution in [0, 0.1) is 0 Å². The number of nitrogens with one attached hydrogen (secondary N) is 1. The Morgan fingerprint density at radius 2 is 1.82 bits per heavy atom. The Bertz CT molecular complexity index is 658. The fraction of sp³-hybridized carbons (Fsp3) is 0.214. The van der Waals surface area contributed by atoms with E-state index in [1.807, 2.05) is 6.92 Å². The number of amides is 1. The summed E-state index contributed by atoms with van der Waals surface area (Å²) in [5.74, 6) is 1.04. The monoisotopic (exact) mass is 371 g/mol. The van der Waals surface area contributed by atoms with Crippen LogP contribution in [0.1, 0.15) is 6.92 Å². The largest absolute Gasteiger partial charge is 0.325 e. The molecule has 1 aromatic carbocycles. The number of rotatable bonds is 7. The van der Waals surface area contributed by atoms with Gasteiger partial charge in [-0.1, -0.05) is 58.6 Å². The molecule has 2 aromatic rings. The summed E-state index contributed by atoms with van der Waals surface area (Å²) < 4.78 is 1.68. The van der Waals surface area contributed by atoms with Crippen LogP contribution in [0.15, 0.2) is 45.1 Å². The van der Waals surface area contributed by atoms with Crippen LogP contribution in [0.3, 0.4) is 0 Å². The number of nitrogens with zero attached hydrogens (tertiary/aromatic N) is 2. The van der Waals surface area contributed by atoms with Crippen LogP contribution in [0.5, 0.6) is 0 Å². The maximum atomic E-state index is 11.9. The number of carbonyl (C=O) groups excluding carboxylic acids is 1. The van der Waals surface area contributed by atoms with Crippen molar-refractivity contribution in [1.29, 1.82) is 0 Å². The highest BCUT2D eigenvalue weighted by Crippen LogP contribution is 2.29. The third kappa shape index (κ3) is 6.00. The summed E-state index contributed by atoms with van der Waals surface area (Å²) in [5, 5.41) is 11.6. The highest BCUT2D eigenvalue weighted by Gasteiger charge is 2.09. The molecule has 1 amide bonds. The highest BCUT2D eigenvalue weighted by molar-refractivity contribution is 8.03. The van der Waals surface area contributed by atoms with Crippen molar-refractivity contribution >= 4 is 58.1 Å². The quantitative estimate of drug-likeness (QED) is 0.569. The molecular formula is C14H14ClN3OS3. The first-order valence-corrected chi connectivity index (χ1v) is 9.48. The minimum absolute atomic E-state index is 0.0846. The number of carbonyl (C=O) groups is 1. The molecule has 2 rings (SSSR count). The van der Waals surface area contributed by atoms with Gasteiger partial charge in [-0.2, -0.15) is 0 Å². The van der Waals surface area contributed by atoms with E-state index in [0.717, 1.165) is 25.7 Å². The fourth-order valence-corrected chi connectivity index (χ4v) is 4.15. The molecule has 0 bridgehead atoms. The molecule has 0 aliphatic heterocycles. The zero-order valence-electron chi connectivity index (χ0n) is 11.8. The van der Waals surface area contributed by atoms with Crippen LogP contribution < -0.4 is 5.32 Å². The third-order valence-electron chi connectivity index (χ3n) is 2.28. The lowest BCUT2D eigenvalue weighted by Gasteiger charge is -2.03. The van der Waals surface area contributed by atoms with Gasteiger partial charge in [0.15, 0.2) is 8.68 Å². The SMILES string of the molecule is C=C(C)CSc1nnc(SCC(=O)Nc2ccc(Cl)cc2)s1. The minimum Gasteiger partial charge on any atom is -0.325 e. The molecule has 1 aromatic heterocycles. The van der Waals surface area contributed by atoms with E-state index in [4.69, 9.17) is 11.6 Å². The summed E-state index contributed by atoms with van der Waals surface area (Å²) >= 11 is 10.3. The lowest BCUT2D eigenvalue weighted by molar-refractivity contribution is -0.113. The standard InChI is InChI=1S/C14H14ClN3OS3/c1-9(2)7-20-13-17-18-14(22-13)21-8-12(19)16-11-5-3-10(15)4-6-11/h3-6H,1,7-8H2,2H3,(H,16,19). The van der Waals surface area contributed by atoms with E-state index >= 15 is 0 Å². The Kier molecular flexibility index (Phi) is 6.75. The molecule has 0 saturated heterocycles. The van der Waals surface area contributed by atoms with E-state index in [1.54, 1.807) is 36.0 Å². The molecule has 116 valence electrons. The Hall–Kier alpha value is -1.02. The zero-order chi connectivity index (χ0) is 15.9. The second-order valence-corrected chi connectivity index (χ2v) is 8.28. The Balaban J connectivity index is 1.78. The number of hydrogen-bond acceptors (Lipinski definition) is 6. The Labute approximate surface area is 146 Å². The second-order valence-electron chi connectivity index (χ2n) is 4.42. The molecule has 0 aliphatic carbocycles. The normalized spacial score (nSPS) is 10.5. The van der Waals surface area contributed by atoms with E-state index in [9.17, 15) is 4.79 Å². The molecule has 0 spiro atoms. The lowest BCUT2D eigenvalue weighted by Crippen LogP contribution is -2.13. The minimum atomic E-state index is -0.0846. The molecule has 1 heterocycles. The van der Waals surface area contributed by atoms with Crippen molar-refractivity contribution < 1.29 is 4.79 Å². The maximum absolute atomic E-state index is 11.9. The van der Waals surface area contributed by atoms with Crippen molar-refractivity contribution in [1.82, 2.24) is 10.2 Å². The first-order chi connectivity index (χ1) is 10.5. The maximum Gasteiger partial charge on any atom is 0.234 e. The van der Waals surface area contributed by atoms with Gasteiger partial charge in [-0.05, 0) is 31.2 Å². The highest BCUT2D eigenvalue weighted by atomic mass is 35.5. The van der Waals surface area contributed by atoms with E-state index in [2.05, 4.69) is 22.1 Å². The second kappa shape index (κ2) is 8.57. The average Bonchev–Trinajstić information content (AvgIpc) is 2.93. The van der Waals surface area contributed by atoms with Gasteiger partial charge in [-0.15, -0.1) is 10.2 Å². The average molecular weight is 372 g/mol. The summed E-state index contributed by atoms with van der Waals surface area (Å²) in [7, 11) is 0. The summed E-state index contributed by atoms with van der Waals surface area (Å²) in [6.07, 6.45) is 0. The number of benzene rings is 1.